The second kappa shape index (κ2) is 6.02. The van der Waals surface area contributed by atoms with Crippen LogP contribution in [0.2, 0.25) is 0 Å². The van der Waals surface area contributed by atoms with Crippen molar-refractivity contribution < 1.29 is 19.4 Å². The molecule has 0 aromatic carbocycles. The zero-order valence-corrected chi connectivity index (χ0v) is 9.27. The van der Waals surface area contributed by atoms with Crippen LogP contribution in [0.15, 0.2) is 6.07 Å². The molecule has 1 aromatic heterocycles. The third kappa shape index (κ3) is 3.82. The van der Waals surface area contributed by atoms with Gasteiger partial charge in [-0.3, -0.25) is 0 Å². The number of aromatic nitrogens is 2. The Morgan fingerprint density at radius 3 is 2.81 bits per heavy atom. The van der Waals surface area contributed by atoms with Crippen molar-refractivity contribution in [3.05, 3.63) is 17.5 Å². The van der Waals surface area contributed by atoms with Gasteiger partial charge in [0.1, 0.15) is 0 Å². The number of methoxy groups -OCH3 is 1. The van der Waals surface area contributed by atoms with Crippen molar-refractivity contribution >= 4 is 5.97 Å². The Labute approximate surface area is 93.2 Å². The van der Waals surface area contributed by atoms with E-state index in [1.807, 2.05) is 0 Å². The third-order valence-electron chi connectivity index (χ3n) is 1.78. The molecular weight excluding hydrogens is 212 g/mol. The molecule has 0 bridgehead atoms. The lowest BCUT2D eigenvalue weighted by Gasteiger charge is -2.05. The molecule has 0 aliphatic heterocycles. The van der Waals surface area contributed by atoms with E-state index in [2.05, 4.69) is 9.97 Å². The average molecular weight is 226 g/mol. The molecule has 1 N–H and O–H groups in total. The van der Waals surface area contributed by atoms with Crippen molar-refractivity contribution in [2.24, 2.45) is 0 Å². The van der Waals surface area contributed by atoms with Gasteiger partial charge in [0.15, 0.2) is 5.69 Å². The van der Waals surface area contributed by atoms with Gasteiger partial charge in [0.25, 0.3) is 0 Å². The maximum atomic E-state index is 10.7. The van der Waals surface area contributed by atoms with Crippen molar-refractivity contribution in [1.29, 1.82) is 0 Å². The van der Waals surface area contributed by atoms with E-state index in [1.165, 1.54) is 6.07 Å². The first-order chi connectivity index (χ1) is 7.63. The summed E-state index contributed by atoms with van der Waals surface area (Å²) in [5, 5.41) is 8.78. The number of aryl methyl sites for hydroxylation is 1. The van der Waals surface area contributed by atoms with E-state index in [1.54, 1.807) is 14.0 Å². The van der Waals surface area contributed by atoms with E-state index in [-0.39, 0.29) is 11.7 Å². The molecule has 0 aliphatic rings. The first kappa shape index (κ1) is 12.4. The zero-order valence-electron chi connectivity index (χ0n) is 9.27. The molecule has 0 atom stereocenters. The lowest BCUT2D eigenvalue weighted by molar-refractivity contribution is 0.0688. The number of carboxylic acids is 1. The van der Waals surface area contributed by atoms with Crippen molar-refractivity contribution in [2.45, 2.75) is 13.3 Å². The Morgan fingerprint density at radius 1 is 1.44 bits per heavy atom. The van der Waals surface area contributed by atoms with Crippen LogP contribution in [0.3, 0.4) is 0 Å². The number of carboxylic acid groups (broad SMARTS) is 1. The van der Waals surface area contributed by atoms with Crippen LogP contribution in [0.4, 0.5) is 0 Å². The SMILES string of the molecule is COCCCOc1nc(C)cc(C(=O)O)n1. The molecule has 16 heavy (non-hydrogen) atoms. The van der Waals surface area contributed by atoms with E-state index >= 15 is 0 Å². The van der Waals surface area contributed by atoms with Crippen LogP contribution < -0.4 is 4.74 Å². The van der Waals surface area contributed by atoms with Gasteiger partial charge in [-0.1, -0.05) is 0 Å². The molecular formula is C10H14N2O4. The monoisotopic (exact) mass is 226 g/mol. The van der Waals surface area contributed by atoms with Crippen molar-refractivity contribution in [3.8, 4) is 6.01 Å². The van der Waals surface area contributed by atoms with Crippen LogP contribution in [0.1, 0.15) is 22.6 Å². The first-order valence-electron chi connectivity index (χ1n) is 4.84. The van der Waals surface area contributed by atoms with E-state index in [0.717, 1.165) is 0 Å². The molecule has 0 saturated heterocycles. The standard InChI is InChI=1S/C10H14N2O4/c1-7-6-8(9(13)14)12-10(11-7)16-5-3-4-15-2/h6H,3-5H2,1-2H3,(H,13,14). The predicted octanol–water partition coefficient (Wildman–Crippen LogP) is 0.899. The number of ether oxygens (including phenoxy) is 2. The maximum absolute atomic E-state index is 10.7. The summed E-state index contributed by atoms with van der Waals surface area (Å²) in [4.78, 5) is 18.4. The molecule has 0 radical (unpaired) electrons. The highest BCUT2D eigenvalue weighted by Crippen LogP contribution is 2.07. The fourth-order valence-electron chi connectivity index (χ4n) is 1.08. The van der Waals surface area contributed by atoms with Crippen LogP contribution in [0, 0.1) is 6.92 Å². The maximum Gasteiger partial charge on any atom is 0.354 e. The van der Waals surface area contributed by atoms with E-state index in [9.17, 15) is 4.79 Å². The van der Waals surface area contributed by atoms with Gasteiger partial charge in [-0.25, -0.2) is 9.78 Å². The fourth-order valence-corrected chi connectivity index (χ4v) is 1.08. The van der Waals surface area contributed by atoms with Gasteiger partial charge in [-0.15, -0.1) is 0 Å². The second-order valence-electron chi connectivity index (χ2n) is 3.18. The smallest absolute Gasteiger partial charge is 0.354 e. The predicted molar refractivity (Wildman–Crippen MR) is 55.7 cm³/mol. The lowest BCUT2D eigenvalue weighted by atomic mass is 10.3. The van der Waals surface area contributed by atoms with E-state index in [0.29, 0.717) is 25.3 Å². The highest BCUT2D eigenvalue weighted by molar-refractivity contribution is 5.85. The number of nitrogens with zero attached hydrogens (tertiary/aromatic N) is 2. The molecule has 0 unspecified atom stereocenters. The van der Waals surface area contributed by atoms with Gasteiger partial charge < -0.3 is 14.6 Å². The van der Waals surface area contributed by atoms with Gasteiger partial charge >= 0.3 is 12.0 Å². The molecule has 1 rings (SSSR count). The zero-order chi connectivity index (χ0) is 12.0. The Bertz CT molecular complexity index is 368. The Balaban J connectivity index is 2.62. The number of aromatic carboxylic acids is 1. The molecule has 6 nitrogen and oxygen atoms in total. The summed E-state index contributed by atoms with van der Waals surface area (Å²) < 4.78 is 10.1. The second-order valence-corrected chi connectivity index (χ2v) is 3.18. The summed E-state index contributed by atoms with van der Waals surface area (Å²) in [6.07, 6.45) is 0.705. The van der Waals surface area contributed by atoms with Gasteiger partial charge in [-0.2, -0.15) is 4.98 Å². The molecule has 88 valence electrons. The summed E-state index contributed by atoms with van der Waals surface area (Å²) in [6.45, 7) is 2.67. The Hall–Kier alpha value is -1.69. The minimum Gasteiger partial charge on any atom is -0.477 e. The number of hydrogen-bond donors (Lipinski definition) is 1. The fraction of sp³-hybridized carbons (Fsp3) is 0.500. The van der Waals surface area contributed by atoms with Gasteiger partial charge in [0.2, 0.25) is 0 Å². The lowest BCUT2D eigenvalue weighted by Crippen LogP contribution is -2.08. The number of hydrogen-bond acceptors (Lipinski definition) is 5. The number of rotatable bonds is 6. The Morgan fingerprint density at radius 2 is 2.19 bits per heavy atom. The van der Waals surface area contributed by atoms with Crippen molar-refractivity contribution in [1.82, 2.24) is 9.97 Å². The summed E-state index contributed by atoms with van der Waals surface area (Å²) in [5.74, 6) is -1.09. The molecule has 1 aromatic rings. The van der Waals surface area contributed by atoms with Crippen LogP contribution in [-0.2, 0) is 4.74 Å². The first-order valence-corrected chi connectivity index (χ1v) is 4.84. The normalized spacial score (nSPS) is 10.1. The number of carbonyl (C=O) groups is 1. The molecule has 0 saturated carbocycles. The Kier molecular flexibility index (Phi) is 4.65. The molecule has 1 heterocycles. The summed E-state index contributed by atoms with van der Waals surface area (Å²) >= 11 is 0. The highest BCUT2D eigenvalue weighted by atomic mass is 16.5. The van der Waals surface area contributed by atoms with E-state index < -0.39 is 5.97 Å². The molecule has 0 aliphatic carbocycles. The van der Waals surface area contributed by atoms with Gasteiger partial charge in [-0.05, 0) is 13.0 Å². The summed E-state index contributed by atoms with van der Waals surface area (Å²) in [7, 11) is 1.60. The van der Waals surface area contributed by atoms with Crippen LogP contribution >= 0.6 is 0 Å². The quantitative estimate of drug-likeness (QED) is 0.726. The van der Waals surface area contributed by atoms with Crippen LogP contribution in [0.25, 0.3) is 0 Å². The molecule has 0 amide bonds. The molecule has 0 fully saturated rings. The van der Waals surface area contributed by atoms with Crippen molar-refractivity contribution in [2.75, 3.05) is 20.3 Å². The topological polar surface area (TPSA) is 81.5 Å². The van der Waals surface area contributed by atoms with Gasteiger partial charge in [0.05, 0.1) is 6.61 Å². The third-order valence-corrected chi connectivity index (χ3v) is 1.78. The highest BCUT2D eigenvalue weighted by Gasteiger charge is 2.09. The summed E-state index contributed by atoms with van der Waals surface area (Å²) in [6, 6.07) is 1.48. The van der Waals surface area contributed by atoms with Crippen LogP contribution in [-0.4, -0.2) is 41.4 Å². The van der Waals surface area contributed by atoms with E-state index in [4.69, 9.17) is 14.6 Å². The molecule has 0 spiro atoms. The average Bonchev–Trinajstić information content (AvgIpc) is 2.23. The minimum atomic E-state index is -1.09. The largest absolute Gasteiger partial charge is 0.477 e. The van der Waals surface area contributed by atoms with Crippen LogP contribution in [0.5, 0.6) is 6.01 Å². The minimum absolute atomic E-state index is 0.0609. The summed E-state index contributed by atoms with van der Waals surface area (Å²) in [5.41, 5.74) is 0.503. The van der Waals surface area contributed by atoms with Crippen molar-refractivity contribution in [3.63, 3.8) is 0 Å². The van der Waals surface area contributed by atoms with Gasteiger partial charge in [0, 0.05) is 25.8 Å². The molecule has 6 heteroatoms.